The first-order valence-electron chi connectivity index (χ1n) is 4.80. The summed E-state index contributed by atoms with van der Waals surface area (Å²) in [5.74, 6) is 0. The maximum atomic E-state index is 9.18. The predicted molar refractivity (Wildman–Crippen MR) is 52.8 cm³/mol. The van der Waals surface area contributed by atoms with E-state index in [9.17, 15) is 4.79 Å². The zero-order chi connectivity index (χ0) is 11.0. The molecule has 0 atom stereocenters. The van der Waals surface area contributed by atoms with Gasteiger partial charge in [0.05, 0.1) is 19.8 Å². The summed E-state index contributed by atoms with van der Waals surface area (Å²) in [7, 11) is 0. The van der Waals surface area contributed by atoms with Gasteiger partial charge in [-0.25, -0.2) is 0 Å². The minimum atomic E-state index is -0.00183. The van der Waals surface area contributed by atoms with E-state index in [2.05, 4.69) is 18.6 Å². The van der Waals surface area contributed by atoms with Crippen molar-refractivity contribution in [2.75, 3.05) is 19.8 Å². The van der Waals surface area contributed by atoms with Gasteiger partial charge in [-0.3, -0.25) is 4.79 Å². The SMILES string of the molecule is CC1OCC(C)(C)CO1.CCOC=O. The third-order valence-electron chi connectivity index (χ3n) is 1.65. The Labute approximate surface area is 85.5 Å². The van der Waals surface area contributed by atoms with E-state index >= 15 is 0 Å². The van der Waals surface area contributed by atoms with Crippen molar-refractivity contribution >= 4 is 6.47 Å². The Hall–Kier alpha value is -0.610. The monoisotopic (exact) mass is 204 g/mol. The van der Waals surface area contributed by atoms with Gasteiger partial charge in [-0.1, -0.05) is 13.8 Å². The van der Waals surface area contributed by atoms with E-state index in [0.29, 0.717) is 13.1 Å². The first-order chi connectivity index (χ1) is 6.52. The van der Waals surface area contributed by atoms with Crippen molar-refractivity contribution in [3.05, 3.63) is 0 Å². The number of rotatable bonds is 2. The van der Waals surface area contributed by atoms with Crippen molar-refractivity contribution in [3.8, 4) is 0 Å². The molecule has 1 fully saturated rings. The minimum absolute atomic E-state index is 0.00183. The summed E-state index contributed by atoms with van der Waals surface area (Å²) < 4.78 is 14.7. The van der Waals surface area contributed by atoms with Crippen LogP contribution in [0.1, 0.15) is 27.7 Å². The van der Waals surface area contributed by atoms with Crippen molar-refractivity contribution < 1.29 is 19.0 Å². The third-order valence-corrected chi connectivity index (χ3v) is 1.65. The van der Waals surface area contributed by atoms with Gasteiger partial charge < -0.3 is 14.2 Å². The average molecular weight is 204 g/mol. The van der Waals surface area contributed by atoms with Crippen LogP contribution in [-0.4, -0.2) is 32.6 Å². The van der Waals surface area contributed by atoms with Gasteiger partial charge in [0.2, 0.25) is 0 Å². The van der Waals surface area contributed by atoms with E-state index in [1.54, 1.807) is 6.92 Å². The molecule has 4 heteroatoms. The highest BCUT2D eigenvalue weighted by Gasteiger charge is 2.25. The zero-order valence-electron chi connectivity index (χ0n) is 9.41. The highest BCUT2D eigenvalue weighted by molar-refractivity contribution is 5.36. The first-order valence-corrected chi connectivity index (χ1v) is 4.80. The fourth-order valence-corrected chi connectivity index (χ4v) is 0.844. The molecule has 4 nitrogen and oxygen atoms in total. The Morgan fingerprint density at radius 3 is 2.14 bits per heavy atom. The molecule has 14 heavy (non-hydrogen) atoms. The van der Waals surface area contributed by atoms with E-state index in [1.807, 2.05) is 6.92 Å². The molecule has 0 bridgehead atoms. The number of carbonyl (C=O) groups is 1. The van der Waals surface area contributed by atoms with Gasteiger partial charge in [-0.05, 0) is 13.8 Å². The van der Waals surface area contributed by atoms with E-state index in [0.717, 1.165) is 13.2 Å². The molecule has 0 N–H and O–H groups in total. The summed E-state index contributed by atoms with van der Waals surface area (Å²) in [6.07, 6.45) is -0.00183. The van der Waals surface area contributed by atoms with Crippen LogP contribution in [0.4, 0.5) is 0 Å². The van der Waals surface area contributed by atoms with Crippen LogP contribution in [0.15, 0.2) is 0 Å². The van der Waals surface area contributed by atoms with Crippen LogP contribution in [0.5, 0.6) is 0 Å². The Morgan fingerprint density at radius 2 is 1.93 bits per heavy atom. The quantitative estimate of drug-likeness (QED) is 0.641. The second-order valence-corrected chi connectivity index (χ2v) is 3.91. The average Bonchev–Trinajstić information content (AvgIpc) is 2.13. The summed E-state index contributed by atoms with van der Waals surface area (Å²) in [5.41, 5.74) is 0.215. The number of hydrogen-bond acceptors (Lipinski definition) is 4. The van der Waals surface area contributed by atoms with Crippen molar-refractivity contribution in [3.63, 3.8) is 0 Å². The molecule has 0 aromatic heterocycles. The Bertz CT molecular complexity index is 146. The molecule has 0 aliphatic carbocycles. The lowest BCUT2D eigenvalue weighted by Crippen LogP contribution is -2.36. The van der Waals surface area contributed by atoms with Gasteiger partial charge in [-0.15, -0.1) is 0 Å². The van der Waals surface area contributed by atoms with Crippen LogP contribution >= 0.6 is 0 Å². The van der Waals surface area contributed by atoms with E-state index in [-0.39, 0.29) is 11.7 Å². The molecule has 1 saturated heterocycles. The third kappa shape index (κ3) is 6.86. The first kappa shape index (κ1) is 13.4. The maximum absolute atomic E-state index is 9.18. The van der Waals surface area contributed by atoms with Crippen molar-refractivity contribution in [2.45, 2.75) is 34.0 Å². The highest BCUT2D eigenvalue weighted by Crippen LogP contribution is 2.22. The Morgan fingerprint density at radius 1 is 1.43 bits per heavy atom. The molecule has 1 rings (SSSR count). The lowest BCUT2D eigenvalue weighted by molar-refractivity contribution is -0.212. The van der Waals surface area contributed by atoms with Gasteiger partial charge in [0.15, 0.2) is 6.29 Å². The van der Waals surface area contributed by atoms with E-state index in [4.69, 9.17) is 9.47 Å². The smallest absolute Gasteiger partial charge is 0.293 e. The predicted octanol–water partition coefficient (Wildman–Crippen LogP) is 1.58. The van der Waals surface area contributed by atoms with Crippen LogP contribution in [0.25, 0.3) is 0 Å². The standard InChI is InChI=1S/C7H14O2.C3H6O2/c1-6-8-4-7(2,3)5-9-6;1-2-5-3-4/h6H,4-5H2,1-3H3;3H,2H2,1H3. The summed E-state index contributed by atoms with van der Waals surface area (Å²) in [5, 5.41) is 0. The van der Waals surface area contributed by atoms with Gasteiger partial charge in [0, 0.05) is 5.41 Å². The molecule has 84 valence electrons. The molecule has 0 aromatic carbocycles. The largest absolute Gasteiger partial charge is 0.468 e. The molecular formula is C10H20O4. The minimum Gasteiger partial charge on any atom is -0.468 e. The normalized spacial score (nSPS) is 20.6. The Balaban J connectivity index is 0.000000292. The van der Waals surface area contributed by atoms with Crippen LogP contribution in [-0.2, 0) is 19.0 Å². The van der Waals surface area contributed by atoms with E-state index < -0.39 is 0 Å². The van der Waals surface area contributed by atoms with Crippen LogP contribution in [0.2, 0.25) is 0 Å². The van der Waals surface area contributed by atoms with Crippen molar-refractivity contribution in [2.24, 2.45) is 5.41 Å². The van der Waals surface area contributed by atoms with Crippen LogP contribution in [0, 0.1) is 5.41 Å². The van der Waals surface area contributed by atoms with Crippen LogP contribution in [0.3, 0.4) is 0 Å². The molecule has 0 radical (unpaired) electrons. The van der Waals surface area contributed by atoms with Gasteiger partial charge >= 0.3 is 0 Å². The molecule has 0 unspecified atom stereocenters. The van der Waals surface area contributed by atoms with Gasteiger partial charge in [0.25, 0.3) is 6.47 Å². The molecule has 1 aliphatic heterocycles. The second-order valence-electron chi connectivity index (χ2n) is 3.91. The lowest BCUT2D eigenvalue weighted by atomic mass is 9.96. The molecule has 0 saturated carbocycles. The molecular weight excluding hydrogens is 184 g/mol. The summed E-state index contributed by atoms with van der Waals surface area (Å²) >= 11 is 0. The van der Waals surface area contributed by atoms with Crippen molar-refractivity contribution in [1.29, 1.82) is 0 Å². The van der Waals surface area contributed by atoms with Gasteiger partial charge in [0.1, 0.15) is 0 Å². The zero-order valence-corrected chi connectivity index (χ0v) is 9.41. The van der Waals surface area contributed by atoms with Gasteiger partial charge in [-0.2, -0.15) is 0 Å². The second kappa shape index (κ2) is 6.79. The molecule has 0 aromatic rings. The maximum Gasteiger partial charge on any atom is 0.293 e. The molecule has 0 spiro atoms. The summed E-state index contributed by atoms with van der Waals surface area (Å²) in [4.78, 5) is 9.18. The fraction of sp³-hybridized carbons (Fsp3) is 0.900. The topological polar surface area (TPSA) is 44.8 Å². The summed E-state index contributed by atoms with van der Waals surface area (Å²) in [6.45, 7) is 10.5. The molecule has 1 aliphatic rings. The highest BCUT2D eigenvalue weighted by atomic mass is 16.7. The van der Waals surface area contributed by atoms with Crippen molar-refractivity contribution in [1.82, 2.24) is 0 Å². The summed E-state index contributed by atoms with van der Waals surface area (Å²) in [6, 6.07) is 0. The lowest BCUT2D eigenvalue weighted by Gasteiger charge is -2.32. The molecule has 0 amide bonds. The number of hydrogen-bond donors (Lipinski definition) is 0. The number of ether oxygens (including phenoxy) is 3. The number of carbonyl (C=O) groups excluding carboxylic acids is 1. The fourth-order valence-electron chi connectivity index (χ4n) is 0.844. The molecule has 1 heterocycles. The van der Waals surface area contributed by atoms with Crippen LogP contribution < -0.4 is 0 Å². The van der Waals surface area contributed by atoms with E-state index in [1.165, 1.54) is 0 Å². The Kier molecular flexibility index (Phi) is 6.49.